The number of nitrogens with one attached hydrogen (secondary N) is 1. The van der Waals surface area contributed by atoms with Gasteiger partial charge in [0, 0.05) is 18.8 Å². The minimum Gasteiger partial charge on any atom is -0.313 e. The van der Waals surface area contributed by atoms with E-state index in [1.807, 2.05) is 13.8 Å². The van der Waals surface area contributed by atoms with Crippen LogP contribution in [0, 0.1) is 5.92 Å². The third-order valence-electron chi connectivity index (χ3n) is 4.77. The van der Waals surface area contributed by atoms with Gasteiger partial charge in [-0.3, -0.25) is 4.57 Å². The van der Waals surface area contributed by atoms with Crippen molar-refractivity contribution in [3.05, 3.63) is 58.3 Å². The Balaban J connectivity index is 2.28. The fourth-order valence-electron chi connectivity index (χ4n) is 3.16. The molecule has 1 unspecified atom stereocenters. The Morgan fingerprint density at radius 2 is 1.84 bits per heavy atom. The summed E-state index contributed by atoms with van der Waals surface area (Å²) in [5.74, 6) is -0.0133. The van der Waals surface area contributed by atoms with Crippen LogP contribution in [0.5, 0.6) is 0 Å². The maximum absolute atomic E-state index is 12.7. The van der Waals surface area contributed by atoms with Crippen LogP contribution in [0.15, 0.2) is 41.5 Å². The number of aromatic nitrogens is 2. The van der Waals surface area contributed by atoms with E-state index in [1.54, 1.807) is 6.20 Å². The zero-order valence-electron chi connectivity index (χ0n) is 14.1. The number of hydrogen-bond acceptors (Lipinski definition) is 2. The number of nitrogens with zero attached hydrogens (tertiary/aromatic N) is 1. The van der Waals surface area contributed by atoms with Crippen LogP contribution >= 0.6 is 0 Å². The third-order valence-corrected chi connectivity index (χ3v) is 4.77. The van der Waals surface area contributed by atoms with E-state index >= 15 is 0 Å². The zero-order chi connectivity index (χ0) is 18.7. The first kappa shape index (κ1) is 19.0. The van der Waals surface area contributed by atoms with Gasteiger partial charge in [-0.1, -0.05) is 26.0 Å². The van der Waals surface area contributed by atoms with Crippen LogP contribution in [0.3, 0.4) is 0 Å². The number of carbonyl (C=O) groups is 1. The van der Waals surface area contributed by atoms with Gasteiger partial charge in [0.05, 0.1) is 11.1 Å². The SMILES string of the molecule is CC(C)C(CC=O)(CCc1ccc(C(F)(F)F)cc1)n1cc[nH]c1=O. The number of aldehydes is 1. The highest BCUT2D eigenvalue weighted by Gasteiger charge is 2.36. The highest BCUT2D eigenvalue weighted by atomic mass is 19.4. The lowest BCUT2D eigenvalue weighted by Crippen LogP contribution is -2.44. The van der Waals surface area contributed by atoms with Crippen molar-refractivity contribution in [2.45, 2.75) is 44.8 Å². The molecule has 1 N–H and O–H groups in total. The van der Waals surface area contributed by atoms with Crippen molar-refractivity contribution < 1.29 is 18.0 Å². The van der Waals surface area contributed by atoms with Gasteiger partial charge in [0.1, 0.15) is 6.29 Å². The van der Waals surface area contributed by atoms with Gasteiger partial charge >= 0.3 is 11.9 Å². The Kier molecular flexibility index (Phi) is 5.55. The van der Waals surface area contributed by atoms with Gasteiger partial charge in [0.15, 0.2) is 0 Å². The van der Waals surface area contributed by atoms with Gasteiger partial charge in [-0.15, -0.1) is 0 Å². The first-order valence-corrected chi connectivity index (χ1v) is 8.07. The van der Waals surface area contributed by atoms with Gasteiger partial charge in [0.25, 0.3) is 0 Å². The van der Waals surface area contributed by atoms with Crippen molar-refractivity contribution >= 4 is 6.29 Å². The van der Waals surface area contributed by atoms with Crippen molar-refractivity contribution in [2.75, 3.05) is 0 Å². The Bertz CT molecular complexity index is 760. The van der Waals surface area contributed by atoms with Crippen molar-refractivity contribution in [1.29, 1.82) is 0 Å². The predicted molar refractivity (Wildman–Crippen MR) is 88.3 cm³/mol. The molecule has 136 valence electrons. The molecule has 0 aliphatic carbocycles. The maximum Gasteiger partial charge on any atom is 0.416 e. The largest absolute Gasteiger partial charge is 0.416 e. The molecule has 2 rings (SSSR count). The number of benzene rings is 1. The number of halogens is 3. The van der Waals surface area contributed by atoms with Crippen LogP contribution in [-0.4, -0.2) is 15.8 Å². The summed E-state index contributed by atoms with van der Waals surface area (Å²) >= 11 is 0. The normalized spacial score (nSPS) is 14.5. The molecule has 25 heavy (non-hydrogen) atoms. The van der Waals surface area contributed by atoms with Crippen LogP contribution in [0.25, 0.3) is 0 Å². The first-order chi connectivity index (χ1) is 11.7. The van der Waals surface area contributed by atoms with Crippen LogP contribution in [-0.2, 0) is 22.9 Å². The van der Waals surface area contributed by atoms with Crippen LogP contribution in [0.2, 0.25) is 0 Å². The Morgan fingerprint density at radius 1 is 1.20 bits per heavy atom. The molecule has 0 amide bonds. The summed E-state index contributed by atoms with van der Waals surface area (Å²) in [5.41, 5.74) is -0.988. The molecule has 0 radical (unpaired) electrons. The highest BCUT2D eigenvalue weighted by Crippen LogP contribution is 2.34. The summed E-state index contributed by atoms with van der Waals surface area (Å²) < 4.78 is 39.5. The van der Waals surface area contributed by atoms with Crippen molar-refractivity contribution in [1.82, 2.24) is 9.55 Å². The van der Waals surface area contributed by atoms with E-state index in [-0.39, 0.29) is 18.0 Å². The monoisotopic (exact) mass is 354 g/mol. The fraction of sp³-hybridized carbons (Fsp3) is 0.444. The zero-order valence-corrected chi connectivity index (χ0v) is 14.1. The van der Waals surface area contributed by atoms with Crippen LogP contribution in [0.4, 0.5) is 13.2 Å². The van der Waals surface area contributed by atoms with Gasteiger partial charge in [0.2, 0.25) is 0 Å². The number of rotatable bonds is 7. The molecule has 2 aromatic rings. The van der Waals surface area contributed by atoms with E-state index in [0.717, 1.165) is 24.0 Å². The minimum absolute atomic E-state index is 0.0133. The Labute approximate surface area is 143 Å². The topological polar surface area (TPSA) is 54.9 Å². The van der Waals surface area contributed by atoms with Crippen molar-refractivity contribution in [3.8, 4) is 0 Å². The Morgan fingerprint density at radius 3 is 2.28 bits per heavy atom. The third kappa shape index (κ3) is 4.03. The number of aromatic amines is 1. The van der Waals surface area contributed by atoms with E-state index in [1.165, 1.54) is 22.9 Å². The van der Waals surface area contributed by atoms with Gasteiger partial charge in [-0.25, -0.2) is 4.79 Å². The molecule has 1 heterocycles. The molecule has 1 aromatic heterocycles. The molecule has 1 aromatic carbocycles. The summed E-state index contributed by atoms with van der Waals surface area (Å²) in [7, 11) is 0. The first-order valence-electron chi connectivity index (χ1n) is 8.07. The number of H-pyrrole nitrogens is 1. The molecule has 0 saturated carbocycles. The number of aryl methyl sites for hydroxylation is 1. The van der Waals surface area contributed by atoms with E-state index in [0.29, 0.717) is 12.8 Å². The lowest BCUT2D eigenvalue weighted by molar-refractivity contribution is -0.137. The maximum atomic E-state index is 12.7. The molecule has 0 aliphatic heterocycles. The summed E-state index contributed by atoms with van der Waals surface area (Å²) in [6.07, 6.45) is 0.626. The molecule has 0 fully saturated rings. The fourth-order valence-corrected chi connectivity index (χ4v) is 3.16. The molecular formula is C18H21F3N2O2. The molecule has 4 nitrogen and oxygen atoms in total. The van der Waals surface area contributed by atoms with Crippen molar-refractivity contribution in [3.63, 3.8) is 0 Å². The van der Waals surface area contributed by atoms with E-state index in [4.69, 9.17) is 0 Å². The predicted octanol–water partition coefficient (Wildman–Crippen LogP) is 3.77. The average molecular weight is 354 g/mol. The van der Waals surface area contributed by atoms with Crippen molar-refractivity contribution in [2.24, 2.45) is 5.92 Å². The smallest absolute Gasteiger partial charge is 0.313 e. The quantitative estimate of drug-likeness (QED) is 0.770. The summed E-state index contributed by atoms with van der Waals surface area (Å²) in [6.45, 7) is 3.85. The lowest BCUT2D eigenvalue weighted by atomic mass is 9.78. The second kappa shape index (κ2) is 7.29. The summed E-state index contributed by atoms with van der Waals surface area (Å²) in [4.78, 5) is 25.9. The van der Waals surface area contributed by atoms with E-state index < -0.39 is 17.3 Å². The molecule has 0 saturated heterocycles. The second-order valence-corrected chi connectivity index (χ2v) is 6.46. The van der Waals surface area contributed by atoms with E-state index in [2.05, 4.69) is 4.98 Å². The van der Waals surface area contributed by atoms with Crippen LogP contribution in [0.1, 0.15) is 37.8 Å². The van der Waals surface area contributed by atoms with E-state index in [9.17, 15) is 22.8 Å². The number of hydrogen-bond donors (Lipinski definition) is 1. The second-order valence-electron chi connectivity index (χ2n) is 6.46. The molecule has 0 aliphatic rings. The standard InChI is InChI=1S/C18H21F3N2O2/c1-13(2)17(9-12-24,23-11-10-22-16(23)25)8-7-14-3-5-15(6-4-14)18(19,20)21/h3-6,10-13H,7-9H2,1-2H3,(H,22,25). The lowest BCUT2D eigenvalue weighted by Gasteiger charge is -2.37. The van der Waals surface area contributed by atoms with Gasteiger partial charge in [-0.2, -0.15) is 13.2 Å². The van der Waals surface area contributed by atoms with Crippen LogP contribution < -0.4 is 5.69 Å². The molecule has 0 bridgehead atoms. The molecule has 0 spiro atoms. The highest BCUT2D eigenvalue weighted by molar-refractivity contribution is 5.51. The molecule has 1 atom stereocenters. The summed E-state index contributed by atoms with van der Waals surface area (Å²) in [5, 5.41) is 0. The minimum atomic E-state index is -4.36. The molecule has 7 heteroatoms. The Hall–Kier alpha value is -2.31. The van der Waals surface area contributed by atoms with Gasteiger partial charge < -0.3 is 9.78 Å². The van der Waals surface area contributed by atoms with Gasteiger partial charge in [-0.05, 0) is 36.5 Å². The summed E-state index contributed by atoms with van der Waals surface area (Å²) in [6, 6.07) is 4.98. The number of imidazole rings is 1. The number of carbonyl (C=O) groups excluding carboxylic acids is 1. The average Bonchev–Trinajstić information content (AvgIpc) is 2.97. The number of alkyl halides is 3. The molecular weight excluding hydrogens is 333 g/mol.